The van der Waals surface area contributed by atoms with Gasteiger partial charge in [0.2, 0.25) is 5.91 Å². The van der Waals surface area contributed by atoms with Crippen LogP contribution in [0.25, 0.3) is 11.4 Å². The molecular formula is C22H33N5O2S. The summed E-state index contributed by atoms with van der Waals surface area (Å²) in [4.78, 5) is 17.4. The number of nitrogens with zero attached hydrogens (tertiary/aromatic N) is 5. The summed E-state index contributed by atoms with van der Waals surface area (Å²) in [6, 6.07) is 7.87. The van der Waals surface area contributed by atoms with E-state index in [1.165, 1.54) is 11.8 Å². The van der Waals surface area contributed by atoms with E-state index >= 15 is 0 Å². The number of amides is 1. The zero-order chi connectivity index (χ0) is 21.5. The quantitative estimate of drug-likeness (QED) is 0.567. The van der Waals surface area contributed by atoms with Crippen molar-refractivity contribution in [1.29, 1.82) is 0 Å². The number of unbranched alkanes of at least 4 members (excludes halogenated alkanes) is 1. The molecule has 1 aromatic carbocycles. The monoisotopic (exact) mass is 431 g/mol. The molecule has 0 aliphatic carbocycles. The largest absolute Gasteiger partial charge is 0.497 e. The van der Waals surface area contributed by atoms with Crippen LogP contribution in [-0.4, -0.2) is 75.6 Å². The number of likely N-dealkylation sites (N-methyl/N-ethyl adjacent to an activating group) is 1. The van der Waals surface area contributed by atoms with Gasteiger partial charge in [0.25, 0.3) is 0 Å². The highest BCUT2D eigenvalue weighted by Gasteiger charge is 2.27. The van der Waals surface area contributed by atoms with E-state index in [0.29, 0.717) is 0 Å². The molecule has 0 radical (unpaired) electrons. The molecule has 1 atom stereocenters. The Morgan fingerprint density at radius 3 is 2.43 bits per heavy atom. The molecule has 1 fully saturated rings. The van der Waals surface area contributed by atoms with Crippen molar-refractivity contribution < 1.29 is 9.53 Å². The van der Waals surface area contributed by atoms with E-state index in [4.69, 9.17) is 4.74 Å². The number of benzene rings is 1. The molecule has 1 amide bonds. The molecule has 0 bridgehead atoms. The van der Waals surface area contributed by atoms with Gasteiger partial charge in [-0.15, -0.1) is 10.2 Å². The molecule has 0 N–H and O–H groups in total. The Morgan fingerprint density at radius 2 is 1.83 bits per heavy atom. The lowest BCUT2D eigenvalue weighted by atomic mass is 10.2. The lowest BCUT2D eigenvalue weighted by Crippen LogP contribution is -2.50. The van der Waals surface area contributed by atoms with Crippen LogP contribution in [0.2, 0.25) is 0 Å². The second kappa shape index (κ2) is 10.8. The summed E-state index contributed by atoms with van der Waals surface area (Å²) in [6.45, 7) is 11.7. The Labute approximate surface area is 183 Å². The third-order valence-corrected chi connectivity index (χ3v) is 6.63. The molecule has 1 aliphatic rings. The molecule has 0 spiro atoms. The molecule has 1 aliphatic heterocycles. The van der Waals surface area contributed by atoms with E-state index in [-0.39, 0.29) is 11.2 Å². The van der Waals surface area contributed by atoms with E-state index in [1.54, 1.807) is 7.11 Å². The van der Waals surface area contributed by atoms with E-state index < -0.39 is 0 Å². The van der Waals surface area contributed by atoms with Crippen LogP contribution < -0.4 is 4.74 Å². The van der Waals surface area contributed by atoms with Gasteiger partial charge in [0, 0.05) is 38.3 Å². The molecule has 1 aromatic heterocycles. The highest BCUT2D eigenvalue weighted by Crippen LogP contribution is 2.29. The molecule has 8 heteroatoms. The first-order chi connectivity index (χ1) is 14.6. The number of carbonyl (C=O) groups is 1. The van der Waals surface area contributed by atoms with Gasteiger partial charge in [-0.3, -0.25) is 4.79 Å². The number of thioether (sulfide) groups is 1. The van der Waals surface area contributed by atoms with Crippen molar-refractivity contribution in [2.75, 3.05) is 39.8 Å². The zero-order valence-corrected chi connectivity index (χ0v) is 19.3. The van der Waals surface area contributed by atoms with Crippen LogP contribution in [0, 0.1) is 0 Å². The van der Waals surface area contributed by atoms with Crippen molar-refractivity contribution in [1.82, 2.24) is 24.6 Å². The molecule has 164 valence electrons. The van der Waals surface area contributed by atoms with Gasteiger partial charge in [-0.1, -0.05) is 32.0 Å². The highest BCUT2D eigenvalue weighted by atomic mass is 32.2. The molecular weight excluding hydrogens is 398 g/mol. The molecule has 0 saturated carbocycles. The Bertz CT molecular complexity index is 815. The second-order valence-corrected chi connectivity index (χ2v) is 8.87. The molecule has 1 saturated heterocycles. The van der Waals surface area contributed by atoms with E-state index in [2.05, 4.69) is 33.5 Å². The Hall–Kier alpha value is -2.06. The van der Waals surface area contributed by atoms with Crippen LogP contribution in [-0.2, 0) is 11.3 Å². The average Bonchev–Trinajstić information content (AvgIpc) is 3.19. The number of hydrogen-bond acceptors (Lipinski definition) is 6. The first-order valence-electron chi connectivity index (χ1n) is 10.8. The summed E-state index contributed by atoms with van der Waals surface area (Å²) in [5.74, 6) is 1.84. The van der Waals surface area contributed by atoms with E-state index in [0.717, 1.165) is 74.4 Å². The normalized spacial score (nSPS) is 15.9. The Kier molecular flexibility index (Phi) is 8.16. The fraction of sp³-hybridized carbons (Fsp3) is 0.591. The molecule has 3 rings (SSSR count). The standard InChI is InChI=1S/C22H33N5O2S/c1-5-7-12-27-20(18-8-10-19(29-4)11-9-18)23-24-22(27)30-17(3)21(28)26-15-13-25(6-2)14-16-26/h8-11,17H,5-7,12-16H2,1-4H3. The van der Waals surface area contributed by atoms with E-state index in [1.807, 2.05) is 36.1 Å². The minimum absolute atomic E-state index is 0.187. The number of carbonyl (C=O) groups excluding carboxylic acids is 1. The predicted molar refractivity (Wildman–Crippen MR) is 121 cm³/mol. The maximum absolute atomic E-state index is 13.0. The number of aromatic nitrogens is 3. The van der Waals surface area contributed by atoms with Crippen molar-refractivity contribution in [2.24, 2.45) is 0 Å². The SMILES string of the molecule is CCCCn1c(SC(C)C(=O)N2CCN(CC)CC2)nnc1-c1ccc(OC)cc1. The van der Waals surface area contributed by atoms with Gasteiger partial charge in [0.05, 0.1) is 12.4 Å². The lowest BCUT2D eigenvalue weighted by Gasteiger charge is -2.35. The van der Waals surface area contributed by atoms with Crippen LogP contribution in [0.4, 0.5) is 0 Å². The topological polar surface area (TPSA) is 63.5 Å². The van der Waals surface area contributed by atoms with Gasteiger partial charge in [-0.2, -0.15) is 0 Å². The first-order valence-corrected chi connectivity index (χ1v) is 11.7. The number of methoxy groups -OCH3 is 1. The van der Waals surface area contributed by atoms with Gasteiger partial charge in [-0.05, 0) is 44.2 Å². The van der Waals surface area contributed by atoms with E-state index in [9.17, 15) is 4.79 Å². The number of rotatable bonds is 9. The van der Waals surface area contributed by atoms with Crippen LogP contribution in [0.15, 0.2) is 29.4 Å². The van der Waals surface area contributed by atoms with Crippen LogP contribution in [0.5, 0.6) is 5.75 Å². The van der Waals surface area contributed by atoms with Crippen molar-refractivity contribution in [3.63, 3.8) is 0 Å². The van der Waals surface area contributed by atoms with Crippen LogP contribution in [0.3, 0.4) is 0 Å². The van der Waals surface area contributed by atoms with Gasteiger partial charge in [-0.25, -0.2) is 0 Å². The number of hydrogen-bond donors (Lipinski definition) is 0. The third-order valence-electron chi connectivity index (χ3n) is 5.56. The van der Waals surface area contributed by atoms with Gasteiger partial charge >= 0.3 is 0 Å². The zero-order valence-electron chi connectivity index (χ0n) is 18.5. The summed E-state index contributed by atoms with van der Waals surface area (Å²) in [5.41, 5.74) is 1.00. The van der Waals surface area contributed by atoms with Gasteiger partial charge in [0.15, 0.2) is 11.0 Å². The van der Waals surface area contributed by atoms with Gasteiger partial charge in [0.1, 0.15) is 5.75 Å². The Balaban J connectivity index is 1.74. The van der Waals surface area contributed by atoms with Crippen molar-refractivity contribution in [3.8, 4) is 17.1 Å². The number of ether oxygens (including phenoxy) is 1. The minimum Gasteiger partial charge on any atom is -0.497 e. The lowest BCUT2D eigenvalue weighted by molar-refractivity contribution is -0.132. The third kappa shape index (κ3) is 5.35. The summed E-state index contributed by atoms with van der Waals surface area (Å²) in [7, 11) is 1.66. The smallest absolute Gasteiger partial charge is 0.235 e. The molecule has 1 unspecified atom stereocenters. The summed E-state index contributed by atoms with van der Waals surface area (Å²) in [5, 5.41) is 9.53. The fourth-order valence-electron chi connectivity index (χ4n) is 3.60. The summed E-state index contributed by atoms with van der Waals surface area (Å²) >= 11 is 1.51. The number of piperazine rings is 1. The Morgan fingerprint density at radius 1 is 1.13 bits per heavy atom. The maximum Gasteiger partial charge on any atom is 0.235 e. The maximum atomic E-state index is 13.0. The molecule has 2 heterocycles. The highest BCUT2D eigenvalue weighted by molar-refractivity contribution is 8.00. The summed E-state index contributed by atoms with van der Waals surface area (Å²) in [6.07, 6.45) is 2.12. The van der Waals surface area contributed by atoms with Crippen LogP contribution in [0.1, 0.15) is 33.6 Å². The second-order valence-electron chi connectivity index (χ2n) is 7.56. The molecule has 30 heavy (non-hydrogen) atoms. The molecule has 2 aromatic rings. The predicted octanol–water partition coefficient (Wildman–Crippen LogP) is 3.40. The van der Waals surface area contributed by atoms with Crippen molar-refractivity contribution in [2.45, 2.75) is 50.6 Å². The first kappa shape index (κ1) is 22.6. The van der Waals surface area contributed by atoms with Crippen molar-refractivity contribution in [3.05, 3.63) is 24.3 Å². The average molecular weight is 432 g/mol. The fourth-order valence-corrected chi connectivity index (χ4v) is 4.56. The minimum atomic E-state index is -0.188. The summed E-state index contributed by atoms with van der Waals surface area (Å²) < 4.78 is 7.41. The van der Waals surface area contributed by atoms with Crippen LogP contribution >= 0.6 is 11.8 Å². The van der Waals surface area contributed by atoms with Crippen molar-refractivity contribution >= 4 is 17.7 Å². The van der Waals surface area contributed by atoms with Gasteiger partial charge < -0.3 is 19.1 Å². The molecule has 7 nitrogen and oxygen atoms in total.